The molecule has 0 fully saturated rings. The Morgan fingerprint density at radius 3 is 2.41 bits per heavy atom. The van der Waals surface area contributed by atoms with E-state index in [1.807, 2.05) is 24.3 Å². The van der Waals surface area contributed by atoms with Gasteiger partial charge in [-0.05, 0) is 35.7 Å². The molecule has 1 heterocycles. The number of aromatic nitrogens is 2. The summed E-state index contributed by atoms with van der Waals surface area (Å²) in [5.41, 5.74) is 2.97. The first-order chi connectivity index (χ1) is 14.0. The van der Waals surface area contributed by atoms with Gasteiger partial charge in [-0.3, -0.25) is 4.79 Å². The van der Waals surface area contributed by atoms with Crippen molar-refractivity contribution in [3.05, 3.63) is 77.7 Å². The molecule has 0 aliphatic heterocycles. The Labute approximate surface area is 169 Å². The summed E-state index contributed by atoms with van der Waals surface area (Å²) >= 11 is 0. The summed E-state index contributed by atoms with van der Waals surface area (Å²) in [4.78, 5) is 32.6. The molecule has 0 saturated heterocycles. The van der Waals surface area contributed by atoms with Gasteiger partial charge in [-0.1, -0.05) is 38.1 Å². The molecular formula is C22H22N4O3. The van der Waals surface area contributed by atoms with E-state index >= 15 is 0 Å². The predicted octanol–water partition coefficient (Wildman–Crippen LogP) is 4.38. The Bertz CT molecular complexity index is 1020. The Kier molecular flexibility index (Phi) is 6.19. The van der Waals surface area contributed by atoms with Gasteiger partial charge in [0.25, 0.3) is 5.91 Å². The second-order valence-corrected chi connectivity index (χ2v) is 6.68. The van der Waals surface area contributed by atoms with Crippen LogP contribution in [-0.2, 0) is 4.74 Å². The number of para-hydroxylation sites is 1. The molecule has 0 bridgehead atoms. The summed E-state index contributed by atoms with van der Waals surface area (Å²) in [5, 5.41) is 5.86. The maximum Gasteiger partial charge on any atom is 0.339 e. The second kappa shape index (κ2) is 8.97. The number of carbonyl (C=O) groups is 2. The number of nitrogens with zero attached hydrogens (tertiary/aromatic N) is 2. The van der Waals surface area contributed by atoms with Crippen LogP contribution in [0.4, 0.5) is 17.2 Å². The molecule has 3 rings (SSSR count). The first kappa shape index (κ1) is 20.0. The van der Waals surface area contributed by atoms with E-state index in [4.69, 9.17) is 4.74 Å². The van der Waals surface area contributed by atoms with Gasteiger partial charge in [-0.25, -0.2) is 14.8 Å². The van der Waals surface area contributed by atoms with Crippen molar-refractivity contribution in [3.8, 4) is 0 Å². The minimum absolute atomic E-state index is 0.200. The summed E-state index contributed by atoms with van der Waals surface area (Å²) in [6.07, 6.45) is 1.29. The fraction of sp³-hybridized carbons (Fsp3) is 0.182. The van der Waals surface area contributed by atoms with E-state index in [9.17, 15) is 9.59 Å². The van der Waals surface area contributed by atoms with Gasteiger partial charge in [0, 0.05) is 11.8 Å². The van der Waals surface area contributed by atoms with Crippen LogP contribution in [0.15, 0.2) is 60.9 Å². The van der Waals surface area contributed by atoms with E-state index in [-0.39, 0.29) is 11.6 Å². The number of rotatable bonds is 6. The second-order valence-electron chi connectivity index (χ2n) is 6.68. The largest absolute Gasteiger partial charge is 0.465 e. The number of hydrogen-bond donors (Lipinski definition) is 2. The average Bonchev–Trinajstić information content (AvgIpc) is 2.74. The van der Waals surface area contributed by atoms with Crippen LogP contribution in [0, 0.1) is 0 Å². The topological polar surface area (TPSA) is 93.2 Å². The lowest BCUT2D eigenvalue weighted by Crippen LogP contribution is -2.14. The van der Waals surface area contributed by atoms with Crippen molar-refractivity contribution in [1.82, 2.24) is 9.97 Å². The summed E-state index contributed by atoms with van der Waals surface area (Å²) in [7, 11) is 1.32. The normalized spacial score (nSPS) is 10.5. The third-order valence-electron chi connectivity index (χ3n) is 4.33. The van der Waals surface area contributed by atoms with E-state index in [2.05, 4.69) is 34.4 Å². The van der Waals surface area contributed by atoms with E-state index in [0.29, 0.717) is 28.7 Å². The zero-order chi connectivity index (χ0) is 20.8. The number of methoxy groups -OCH3 is 1. The lowest BCUT2D eigenvalue weighted by atomic mass is 10.0. The third kappa shape index (κ3) is 4.95. The van der Waals surface area contributed by atoms with Crippen LogP contribution in [0.1, 0.15) is 46.2 Å². The van der Waals surface area contributed by atoms with Crippen molar-refractivity contribution in [3.63, 3.8) is 0 Å². The molecule has 0 aliphatic rings. The van der Waals surface area contributed by atoms with Crippen LogP contribution in [-0.4, -0.2) is 29.0 Å². The number of benzene rings is 2. The molecule has 0 atom stereocenters. The molecule has 0 radical (unpaired) electrons. The van der Waals surface area contributed by atoms with Crippen molar-refractivity contribution in [2.75, 3.05) is 17.7 Å². The molecule has 3 aromatic rings. The van der Waals surface area contributed by atoms with Crippen LogP contribution in [0.2, 0.25) is 0 Å². The van der Waals surface area contributed by atoms with Crippen molar-refractivity contribution in [2.45, 2.75) is 19.8 Å². The predicted molar refractivity (Wildman–Crippen MR) is 112 cm³/mol. The highest BCUT2D eigenvalue weighted by molar-refractivity contribution is 6.03. The Hall–Kier alpha value is -3.74. The molecular weight excluding hydrogens is 368 g/mol. The highest BCUT2D eigenvalue weighted by Gasteiger charge is 2.13. The summed E-state index contributed by atoms with van der Waals surface area (Å²) in [6, 6.07) is 16.1. The maximum atomic E-state index is 12.6. The Morgan fingerprint density at radius 2 is 1.72 bits per heavy atom. The third-order valence-corrected chi connectivity index (χ3v) is 4.33. The van der Waals surface area contributed by atoms with Crippen LogP contribution in [0.5, 0.6) is 0 Å². The van der Waals surface area contributed by atoms with Crippen molar-refractivity contribution in [1.29, 1.82) is 0 Å². The van der Waals surface area contributed by atoms with Crippen LogP contribution in [0.3, 0.4) is 0 Å². The number of hydrogen-bond acceptors (Lipinski definition) is 6. The number of anilines is 3. The number of carbonyl (C=O) groups excluding carboxylic acids is 2. The van der Waals surface area contributed by atoms with E-state index in [0.717, 1.165) is 0 Å². The van der Waals surface area contributed by atoms with Gasteiger partial charge in [0.15, 0.2) is 0 Å². The molecule has 7 nitrogen and oxygen atoms in total. The highest BCUT2D eigenvalue weighted by Crippen LogP contribution is 2.21. The van der Waals surface area contributed by atoms with Crippen molar-refractivity contribution in [2.24, 2.45) is 0 Å². The molecule has 7 heteroatoms. The van der Waals surface area contributed by atoms with E-state index < -0.39 is 5.97 Å². The van der Waals surface area contributed by atoms with E-state index in [1.54, 1.807) is 24.3 Å². The van der Waals surface area contributed by atoms with Crippen LogP contribution < -0.4 is 10.6 Å². The van der Waals surface area contributed by atoms with E-state index in [1.165, 1.54) is 25.1 Å². The molecule has 2 N–H and O–H groups in total. The zero-order valence-corrected chi connectivity index (χ0v) is 16.5. The zero-order valence-electron chi connectivity index (χ0n) is 16.5. The fourth-order valence-corrected chi connectivity index (χ4v) is 2.71. The summed E-state index contributed by atoms with van der Waals surface area (Å²) in [6.45, 7) is 4.22. The summed E-state index contributed by atoms with van der Waals surface area (Å²) < 4.78 is 4.79. The molecule has 148 valence electrons. The summed E-state index contributed by atoms with van der Waals surface area (Å²) in [5.74, 6) is -0.0151. The van der Waals surface area contributed by atoms with Gasteiger partial charge in [0.1, 0.15) is 17.8 Å². The van der Waals surface area contributed by atoms with Gasteiger partial charge >= 0.3 is 5.97 Å². The van der Waals surface area contributed by atoms with Gasteiger partial charge in [0.05, 0.1) is 18.4 Å². The molecule has 0 aliphatic carbocycles. The number of ether oxygens (including phenoxy) is 1. The van der Waals surface area contributed by atoms with Gasteiger partial charge in [-0.15, -0.1) is 0 Å². The van der Waals surface area contributed by atoms with Crippen molar-refractivity contribution < 1.29 is 14.3 Å². The maximum absolute atomic E-state index is 12.6. The lowest BCUT2D eigenvalue weighted by Gasteiger charge is -2.11. The number of amides is 1. The van der Waals surface area contributed by atoms with Crippen LogP contribution >= 0.6 is 0 Å². The minimum atomic E-state index is -0.468. The van der Waals surface area contributed by atoms with Gasteiger partial charge in [-0.2, -0.15) is 0 Å². The fourth-order valence-electron chi connectivity index (χ4n) is 2.71. The monoisotopic (exact) mass is 390 g/mol. The quantitative estimate of drug-likeness (QED) is 0.607. The SMILES string of the molecule is COC(=O)c1ccccc1Nc1cc(C(=O)Nc2ccc(C(C)C)cc2)ncn1. The average molecular weight is 390 g/mol. The van der Waals surface area contributed by atoms with Crippen molar-refractivity contribution >= 4 is 29.1 Å². The first-order valence-electron chi connectivity index (χ1n) is 9.15. The highest BCUT2D eigenvalue weighted by atomic mass is 16.5. The molecule has 0 saturated carbocycles. The molecule has 0 unspecified atom stereocenters. The smallest absolute Gasteiger partial charge is 0.339 e. The Balaban J connectivity index is 1.76. The van der Waals surface area contributed by atoms with Gasteiger partial charge in [0.2, 0.25) is 0 Å². The lowest BCUT2D eigenvalue weighted by molar-refractivity contribution is 0.0601. The van der Waals surface area contributed by atoms with Gasteiger partial charge < -0.3 is 15.4 Å². The molecule has 1 aromatic heterocycles. The molecule has 0 spiro atoms. The minimum Gasteiger partial charge on any atom is -0.465 e. The standard InChI is InChI=1S/C22H22N4O3/c1-14(2)15-8-10-16(11-9-15)25-21(27)19-12-20(24-13-23-19)26-18-7-5-4-6-17(18)22(28)29-3/h4-14H,1-3H3,(H,25,27)(H,23,24,26). The number of nitrogens with one attached hydrogen (secondary N) is 2. The first-order valence-corrected chi connectivity index (χ1v) is 9.15. The molecule has 1 amide bonds. The number of esters is 1. The molecule has 29 heavy (non-hydrogen) atoms. The van der Waals surface area contributed by atoms with Crippen LogP contribution in [0.25, 0.3) is 0 Å². The Morgan fingerprint density at radius 1 is 1.00 bits per heavy atom. The molecule has 2 aromatic carbocycles.